The van der Waals surface area contributed by atoms with Crippen LogP contribution in [0.25, 0.3) is 11.4 Å². The van der Waals surface area contributed by atoms with E-state index in [0.29, 0.717) is 17.1 Å². The number of nitrogens with zero attached hydrogens (tertiary/aromatic N) is 1. The monoisotopic (exact) mass is 268 g/mol. The molecule has 0 aliphatic rings. The number of aromatic nitrogens is 2. The molecule has 4 nitrogen and oxygen atoms in total. The highest BCUT2D eigenvalue weighted by Crippen LogP contribution is 2.22. The standard InChI is InChI=1S/C12H10ClFN2O2/c13-11-9(5-6-10(17)18)15-12(16-11)7-1-3-8(14)4-2-7/h1-4H,5-6H2,(H,15,16)(H,17,18). The van der Waals surface area contributed by atoms with E-state index in [1.165, 1.54) is 12.1 Å². The maximum absolute atomic E-state index is 12.8. The van der Waals surface area contributed by atoms with Crippen molar-refractivity contribution in [3.8, 4) is 11.4 Å². The van der Waals surface area contributed by atoms with Crippen LogP contribution in [0.3, 0.4) is 0 Å². The molecule has 6 heteroatoms. The van der Waals surface area contributed by atoms with Gasteiger partial charge in [-0.15, -0.1) is 0 Å². The first-order valence-corrected chi connectivity index (χ1v) is 5.66. The van der Waals surface area contributed by atoms with Crippen molar-refractivity contribution in [1.82, 2.24) is 9.97 Å². The largest absolute Gasteiger partial charge is 0.481 e. The fourth-order valence-corrected chi connectivity index (χ4v) is 1.76. The predicted octanol–water partition coefficient (Wildman–Crippen LogP) is 2.89. The molecule has 0 radical (unpaired) electrons. The maximum atomic E-state index is 12.8. The van der Waals surface area contributed by atoms with Crippen molar-refractivity contribution in [3.05, 3.63) is 40.9 Å². The van der Waals surface area contributed by atoms with Crippen molar-refractivity contribution in [2.75, 3.05) is 0 Å². The molecular formula is C12H10ClFN2O2. The lowest BCUT2D eigenvalue weighted by Gasteiger charge is -1.96. The van der Waals surface area contributed by atoms with Crippen LogP contribution in [-0.4, -0.2) is 21.0 Å². The molecule has 0 saturated heterocycles. The third-order valence-electron chi connectivity index (χ3n) is 2.43. The average Bonchev–Trinajstić information content (AvgIpc) is 2.69. The summed E-state index contributed by atoms with van der Waals surface area (Å²) in [4.78, 5) is 17.5. The Morgan fingerprint density at radius 2 is 2.06 bits per heavy atom. The first-order valence-electron chi connectivity index (χ1n) is 5.28. The zero-order chi connectivity index (χ0) is 13.1. The van der Waals surface area contributed by atoms with E-state index < -0.39 is 5.97 Å². The van der Waals surface area contributed by atoms with Gasteiger partial charge in [0.05, 0.1) is 12.1 Å². The van der Waals surface area contributed by atoms with Crippen LogP contribution >= 0.6 is 11.6 Å². The Labute approximate surface area is 107 Å². The second-order valence-corrected chi connectivity index (χ2v) is 4.11. The van der Waals surface area contributed by atoms with E-state index in [-0.39, 0.29) is 23.8 Å². The van der Waals surface area contributed by atoms with Gasteiger partial charge in [-0.05, 0) is 24.3 Å². The van der Waals surface area contributed by atoms with Crippen LogP contribution < -0.4 is 0 Å². The van der Waals surface area contributed by atoms with Crippen LogP contribution in [0.5, 0.6) is 0 Å². The van der Waals surface area contributed by atoms with E-state index in [4.69, 9.17) is 16.7 Å². The summed E-state index contributed by atoms with van der Waals surface area (Å²) in [6, 6.07) is 5.79. The Morgan fingerprint density at radius 1 is 1.39 bits per heavy atom. The molecule has 1 heterocycles. The normalized spacial score (nSPS) is 10.6. The number of carboxylic acids is 1. The number of carboxylic acid groups (broad SMARTS) is 1. The van der Waals surface area contributed by atoms with Crippen molar-refractivity contribution in [2.24, 2.45) is 0 Å². The second-order valence-electron chi connectivity index (χ2n) is 3.76. The summed E-state index contributed by atoms with van der Waals surface area (Å²) in [5, 5.41) is 8.85. The number of aromatic amines is 1. The number of hydrogen-bond acceptors (Lipinski definition) is 2. The molecule has 94 valence electrons. The van der Waals surface area contributed by atoms with Gasteiger partial charge in [0, 0.05) is 12.0 Å². The molecule has 0 atom stereocenters. The molecule has 0 unspecified atom stereocenters. The lowest BCUT2D eigenvalue weighted by Crippen LogP contribution is -1.98. The number of halogens is 2. The fourth-order valence-electron chi connectivity index (χ4n) is 1.53. The summed E-state index contributed by atoms with van der Waals surface area (Å²) in [6.07, 6.45) is 0.257. The smallest absolute Gasteiger partial charge is 0.303 e. The van der Waals surface area contributed by atoms with Gasteiger partial charge in [-0.25, -0.2) is 9.37 Å². The Balaban J connectivity index is 2.22. The lowest BCUT2D eigenvalue weighted by molar-refractivity contribution is -0.136. The van der Waals surface area contributed by atoms with E-state index in [9.17, 15) is 9.18 Å². The Kier molecular flexibility index (Phi) is 3.62. The number of aliphatic carboxylic acids is 1. The SMILES string of the molecule is O=C(O)CCc1[nH]c(-c2ccc(F)cc2)nc1Cl. The van der Waals surface area contributed by atoms with Gasteiger partial charge in [0.15, 0.2) is 5.15 Å². The fraction of sp³-hybridized carbons (Fsp3) is 0.167. The minimum atomic E-state index is -0.899. The number of hydrogen-bond donors (Lipinski definition) is 2. The topological polar surface area (TPSA) is 66.0 Å². The number of imidazole rings is 1. The Morgan fingerprint density at radius 3 is 2.67 bits per heavy atom. The van der Waals surface area contributed by atoms with E-state index in [0.717, 1.165) is 0 Å². The molecule has 2 aromatic rings. The third-order valence-corrected chi connectivity index (χ3v) is 2.75. The summed E-state index contributed by atoms with van der Waals surface area (Å²) in [6.45, 7) is 0. The van der Waals surface area contributed by atoms with Gasteiger partial charge in [-0.1, -0.05) is 11.6 Å². The molecule has 18 heavy (non-hydrogen) atoms. The van der Waals surface area contributed by atoms with E-state index in [2.05, 4.69) is 9.97 Å². The van der Waals surface area contributed by atoms with Crippen LogP contribution in [0.1, 0.15) is 12.1 Å². The second kappa shape index (κ2) is 5.18. The molecule has 2 rings (SSSR count). The van der Waals surface area contributed by atoms with Gasteiger partial charge < -0.3 is 10.1 Å². The molecule has 0 amide bonds. The number of H-pyrrole nitrogens is 1. The molecule has 2 N–H and O–H groups in total. The highest BCUT2D eigenvalue weighted by atomic mass is 35.5. The Bertz CT molecular complexity index is 566. The van der Waals surface area contributed by atoms with Crippen LogP contribution in [0.4, 0.5) is 4.39 Å². The number of aryl methyl sites for hydroxylation is 1. The summed E-state index contributed by atoms with van der Waals surface area (Å²) in [5.74, 6) is -0.730. The number of rotatable bonds is 4. The van der Waals surface area contributed by atoms with E-state index >= 15 is 0 Å². The summed E-state index contributed by atoms with van der Waals surface area (Å²) < 4.78 is 12.8. The van der Waals surface area contributed by atoms with Gasteiger partial charge in [-0.3, -0.25) is 4.79 Å². The van der Waals surface area contributed by atoms with Crippen LogP contribution in [0.15, 0.2) is 24.3 Å². The van der Waals surface area contributed by atoms with Crippen molar-refractivity contribution in [1.29, 1.82) is 0 Å². The molecule has 0 spiro atoms. The molecule has 0 saturated carbocycles. The van der Waals surface area contributed by atoms with Gasteiger partial charge in [0.2, 0.25) is 0 Å². The van der Waals surface area contributed by atoms with Crippen molar-refractivity contribution in [3.63, 3.8) is 0 Å². The highest BCUT2D eigenvalue weighted by Gasteiger charge is 2.11. The lowest BCUT2D eigenvalue weighted by atomic mass is 10.2. The zero-order valence-corrected chi connectivity index (χ0v) is 10.0. The van der Waals surface area contributed by atoms with Crippen molar-refractivity contribution in [2.45, 2.75) is 12.8 Å². The van der Waals surface area contributed by atoms with E-state index in [1.807, 2.05) is 0 Å². The molecule has 1 aromatic heterocycles. The molecule has 0 aliphatic heterocycles. The predicted molar refractivity (Wildman–Crippen MR) is 64.9 cm³/mol. The summed E-state index contributed by atoms with van der Waals surface area (Å²) >= 11 is 5.90. The minimum Gasteiger partial charge on any atom is -0.481 e. The van der Waals surface area contributed by atoms with Crippen molar-refractivity contribution < 1.29 is 14.3 Å². The van der Waals surface area contributed by atoms with E-state index in [1.54, 1.807) is 12.1 Å². The molecule has 0 fully saturated rings. The van der Waals surface area contributed by atoms with Crippen LogP contribution in [0, 0.1) is 5.82 Å². The van der Waals surface area contributed by atoms with Crippen molar-refractivity contribution >= 4 is 17.6 Å². The first-order chi connectivity index (χ1) is 8.56. The number of carbonyl (C=O) groups is 1. The Hall–Kier alpha value is -1.88. The van der Waals surface area contributed by atoms with Crippen LogP contribution in [0.2, 0.25) is 5.15 Å². The maximum Gasteiger partial charge on any atom is 0.303 e. The summed E-state index contributed by atoms with van der Waals surface area (Å²) in [5.41, 5.74) is 1.26. The van der Waals surface area contributed by atoms with Gasteiger partial charge in [0.1, 0.15) is 11.6 Å². The highest BCUT2D eigenvalue weighted by molar-refractivity contribution is 6.30. The number of benzene rings is 1. The average molecular weight is 269 g/mol. The third kappa shape index (κ3) is 2.87. The molecule has 0 aliphatic carbocycles. The van der Waals surface area contributed by atoms with Gasteiger partial charge in [0.25, 0.3) is 0 Å². The number of nitrogens with one attached hydrogen (secondary N) is 1. The molecular weight excluding hydrogens is 259 g/mol. The molecule has 0 bridgehead atoms. The van der Waals surface area contributed by atoms with Gasteiger partial charge >= 0.3 is 5.97 Å². The first kappa shape index (κ1) is 12.6. The summed E-state index contributed by atoms with van der Waals surface area (Å²) in [7, 11) is 0. The van der Waals surface area contributed by atoms with Crippen LogP contribution in [-0.2, 0) is 11.2 Å². The zero-order valence-electron chi connectivity index (χ0n) is 9.28. The molecule has 1 aromatic carbocycles. The minimum absolute atomic E-state index is 0.0230. The quantitative estimate of drug-likeness (QED) is 0.896. The van der Waals surface area contributed by atoms with Gasteiger partial charge in [-0.2, -0.15) is 0 Å².